The molecule has 0 radical (unpaired) electrons. The maximum absolute atomic E-state index is 12.7. The normalized spacial score (nSPS) is 10.1. The number of amides is 2. The van der Waals surface area contributed by atoms with E-state index in [1.165, 1.54) is 12.1 Å². The number of urea groups is 1. The van der Waals surface area contributed by atoms with Crippen LogP contribution in [0.3, 0.4) is 0 Å². The molecule has 0 unspecified atom stereocenters. The summed E-state index contributed by atoms with van der Waals surface area (Å²) in [4.78, 5) is 13.3. The molecule has 1 aromatic carbocycles. The van der Waals surface area contributed by atoms with Crippen LogP contribution in [0.15, 0.2) is 24.3 Å². The van der Waals surface area contributed by atoms with Gasteiger partial charge in [-0.25, -0.2) is 9.18 Å². The van der Waals surface area contributed by atoms with Gasteiger partial charge in [-0.1, -0.05) is 12.1 Å². The molecular weight excluding hydrogens is 219 g/mol. The number of hydrogen-bond donors (Lipinski definition) is 1. The quantitative estimate of drug-likeness (QED) is 0.839. The Morgan fingerprint density at radius 2 is 1.82 bits per heavy atom. The maximum atomic E-state index is 12.7. The molecule has 4 heteroatoms. The molecule has 1 aromatic rings. The van der Waals surface area contributed by atoms with Crippen molar-refractivity contribution in [2.45, 2.75) is 20.3 Å². The SMILES string of the molecule is CCN(CC)C(=O)NCCc1ccc(F)cc1. The van der Waals surface area contributed by atoms with Crippen LogP contribution in [0.4, 0.5) is 9.18 Å². The van der Waals surface area contributed by atoms with Gasteiger partial charge in [0, 0.05) is 19.6 Å². The molecular formula is C13H19FN2O. The minimum Gasteiger partial charge on any atom is -0.338 e. The van der Waals surface area contributed by atoms with Gasteiger partial charge in [0.2, 0.25) is 0 Å². The van der Waals surface area contributed by atoms with Gasteiger partial charge in [-0.05, 0) is 38.0 Å². The monoisotopic (exact) mass is 238 g/mol. The molecule has 0 aliphatic heterocycles. The Balaban J connectivity index is 2.32. The van der Waals surface area contributed by atoms with E-state index in [0.29, 0.717) is 26.1 Å². The van der Waals surface area contributed by atoms with Gasteiger partial charge in [0.25, 0.3) is 0 Å². The number of carbonyl (C=O) groups is 1. The van der Waals surface area contributed by atoms with Crippen molar-refractivity contribution in [3.05, 3.63) is 35.6 Å². The Hall–Kier alpha value is -1.58. The summed E-state index contributed by atoms with van der Waals surface area (Å²) >= 11 is 0. The van der Waals surface area contributed by atoms with Crippen molar-refractivity contribution in [2.75, 3.05) is 19.6 Å². The second-order valence-electron chi connectivity index (χ2n) is 3.78. The van der Waals surface area contributed by atoms with Gasteiger partial charge >= 0.3 is 6.03 Å². The van der Waals surface area contributed by atoms with Gasteiger partial charge in [-0.15, -0.1) is 0 Å². The predicted molar refractivity (Wildman–Crippen MR) is 66.4 cm³/mol. The number of benzene rings is 1. The fourth-order valence-corrected chi connectivity index (χ4v) is 1.59. The molecule has 0 aromatic heterocycles. The molecule has 0 saturated carbocycles. The van der Waals surface area contributed by atoms with Crippen molar-refractivity contribution in [1.82, 2.24) is 10.2 Å². The highest BCUT2D eigenvalue weighted by molar-refractivity contribution is 5.74. The lowest BCUT2D eigenvalue weighted by atomic mass is 10.1. The first-order valence-corrected chi connectivity index (χ1v) is 5.94. The minimum atomic E-state index is -0.235. The first-order valence-electron chi connectivity index (χ1n) is 5.94. The summed E-state index contributed by atoms with van der Waals surface area (Å²) in [7, 11) is 0. The van der Waals surface area contributed by atoms with Gasteiger partial charge in [-0.2, -0.15) is 0 Å². The van der Waals surface area contributed by atoms with Crippen molar-refractivity contribution < 1.29 is 9.18 Å². The first kappa shape index (κ1) is 13.5. The molecule has 94 valence electrons. The topological polar surface area (TPSA) is 32.3 Å². The lowest BCUT2D eigenvalue weighted by Gasteiger charge is -2.19. The van der Waals surface area contributed by atoms with Gasteiger partial charge in [0.05, 0.1) is 0 Å². The van der Waals surface area contributed by atoms with E-state index in [9.17, 15) is 9.18 Å². The number of carbonyl (C=O) groups excluding carboxylic acids is 1. The molecule has 0 aliphatic rings. The zero-order valence-corrected chi connectivity index (χ0v) is 10.4. The summed E-state index contributed by atoms with van der Waals surface area (Å²) in [5.41, 5.74) is 1.02. The van der Waals surface area contributed by atoms with Crippen LogP contribution in [0.2, 0.25) is 0 Å². The zero-order valence-electron chi connectivity index (χ0n) is 10.4. The number of halogens is 1. The van der Waals surface area contributed by atoms with Crippen LogP contribution in [0.25, 0.3) is 0 Å². The molecule has 1 rings (SSSR count). The Morgan fingerprint density at radius 1 is 1.24 bits per heavy atom. The summed E-state index contributed by atoms with van der Waals surface area (Å²) in [6, 6.07) is 6.29. The highest BCUT2D eigenvalue weighted by atomic mass is 19.1. The predicted octanol–water partition coefficient (Wildman–Crippen LogP) is 2.42. The van der Waals surface area contributed by atoms with Crippen molar-refractivity contribution in [3.8, 4) is 0 Å². The van der Waals surface area contributed by atoms with Crippen LogP contribution in [0, 0.1) is 5.82 Å². The number of hydrogen-bond acceptors (Lipinski definition) is 1. The van der Waals surface area contributed by atoms with Crippen LogP contribution in [-0.2, 0) is 6.42 Å². The average molecular weight is 238 g/mol. The highest BCUT2D eigenvalue weighted by Crippen LogP contribution is 2.02. The molecule has 17 heavy (non-hydrogen) atoms. The lowest BCUT2D eigenvalue weighted by Crippen LogP contribution is -2.40. The average Bonchev–Trinajstić information content (AvgIpc) is 2.33. The van der Waals surface area contributed by atoms with Crippen molar-refractivity contribution in [3.63, 3.8) is 0 Å². The van der Waals surface area contributed by atoms with E-state index in [-0.39, 0.29) is 11.8 Å². The number of nitrogens with one attached hydrogen (secondary N) is 1. The largest absolute Gasteiger partial charge is 0.338 e. The summed E-state index contributed by atoms with van der Waals surface area (Å²) in [6.07, 6.45) is 0.716. The minimum absolute atomic E-state index is 0.0443. The molecule has 1 N–H and O–H groups in total. The second-order valence-corrected chi connectivity index (χ2v) is 3.78. The van der Waals surface area contributed by atoms with Crippen molar-refractivity contribution >= 4 is 6.03 Å². The van der Waals surface area contributed by atoms with E-state index in [1.807, 2.05) is 13.8 Å². The van der Waals surface area contributed by atoms with E-state index in [2.05, 4.69) is 5.32 Å². The third-order valence-corrected chi connectivity index (χ3v) is 2.65. The third-order valence-electron chi connectivity index (χ3n) is 2.65. The van der Waals surface area contributed by atoms with E-state index in [1.54, 1.807) is 17.0 Å². The van der Waals surface area contributed by atoms with Gasteiger partial charge in [-0.3, -0.25) is 0 Å². The molecule has 0 atom stereocenters. The van der Waals surface area contributed by atoms with Crippen LogP contribution in [0.5, 0.6) is 0 Å². The van der Waals surface area contributed by atoms with Crippen LogP contribution in [0.1, 0.15) is 19.4 Å². The molecule has 0 saturated heterocycles. The molecule has 3 nitrogen and oxygen atoms in total. The smallest absolute Gasteiger partial charge is 0.317 e. The van der Waals surface area contributed by atoms with Gasteiger partial charge in [0.1, 0.15) is 5.82 Å². The van der Waals surface area contributed by atoms with Crippen LogP contribution < -0.4 is 5.32 Å². The summed E-state index contributed by atoms with van der Waals surface area (Å²) in [5, 5.41) is 2.84. The van der Waals surface area contributed by atoms with Crippen LogP contribution in [-0.4, -0.2) is 30.6 Å². The Labute approximate surface area is 102 Å². The highest BCUT2D eigenvalue weighted by Gasteiger charge is 2.07. The van der Waals surface area contributed by atoms with Gasteiger partial charge < -0.3 is 10.2 Å². The van der Waals surface area contributed by atoms with E-state index >= 15 is 0 Å². The fourth-order valence-electron chi connectivity index (χ4n) is 1.59. The van der Waals surface area contributed by atoms with E-state index in [0.717, 1.165) is 5.56 Å². The van der Waals surface area contributed by atoms with Crippen molar-refractivity contribution in [2.24, 2.45) is 0 Å². The number of nitrogens with zero attached hydrogens (tertiary/aromatic N) is 1. The maximum Gasteiger partial charge on any atom is 0.317 e. The molecule has 0 heterocycles. The lowest BCUT2D eigenvalue weighted by molar-refractivity contribution is 0.203. The molecule has 0 spiro atoms. The standard InChI is InChI=1S/C13H19FN2O/c1-3-16(4-2)13(17)15-10-9-11-5-7-12(14)8-6-11/h5-8H,3-4,9-10H2,1-2H3,(H,15,17). The first-order chi connectivity index (χ1) is 8.17. The van der Waals surface area contributed by atoms with E-state index in [4.69, 9.17) is 0 Å². The van der Waals surface area contributed by atoms with Crippen LogP contribution >= 0.6 is 0 Å². The Bertz CT molecular complexity index is 347. The number of rotatable bonds is 5. The second kappa shape index (κ2) is 6.89. The van der Waals surface area contributed by atoms with Gasteiger partial charge in [0.15, 0.2) is 0 Å². The summed E-state index contributed by atoms with van der Waals surface area (Å²) in [5.74, 6) is -0.235. The fraction of sp³-hybridized carbons (Fsp3) is 0.462. The summed E-state index contributed by atoms with van der Waals surface area (Å²) < 4.78 is 12.7. The Kier molecular flexibility index (Phi) is 5.46. The molecule has 0 aliphatic carbocycles. The molecule has 0 fully saturated rings. The summed E-state index contributed by atoms with van der Waals surface area (Å²) in [6.45, 7) is 5.88. The Morgan fingerprint density at radius 3 is 2.35 bits per heavy atom. The molecule has 2 amide bonds. The zero-order chi connectivity index (χ0) is 12.7. The third kappa shape index (κ3) is 4.43. The van der Waals surface area contributed by atoms with E-state index < -0.39 is 0 Å². The molecule has 0 bridgehead atoms. The van der Waals surface area contributed by atoms with Crippen molar-refractivity contribution in [1.29, 1.82) is 0 Å².